The molecule has 0 bridgehead atoms. The number of nitrogens with zero attached hydrogens (tertiary/aromatic N) is 3. The van der Waals surface area contributed by atoms with Gasteiger partial charge in [0.25, 0.3) is 5.91 Å². The molecular weight excluding hydrogens is 450 g/mol. The summed E-state index contributed by atoms with van der Waals surface area (Å²) in [5, 5.41) is 15.0. The number of H-pyrrole nitrogens is 1. The zero-order chi connectivity index (χ0) is 23.5. The van der Waals surface area contributed by atoms with Gasteiger partial charge in [0.15, 0.2) is 5.69 Å². The molecule has 0 radical (unpaired) electrons. The fourth-order valence-corrected chi connectivity index (χ4v) is 7.43. The highest BCUT2D eigenvalue weighted by Crippen LogP contribution is 2.59. The number of amides is 1. The van der Waals surface area contributed by atoms with Gasteiger partial charge in [0.05, 0.1) is 29.4 Å². The Morgan fingerprint density at radius 3 is 2.76 bits per heavy atom. The highest BCUT2D eigenvalue weighted by molar-refractivity contribution is 7.91. The molecule has 2 aromatic heterocycles. The number of aromatic amines is 1. The number of aromatic nitrogens is 4. The summed E-state index contributed by atoms with van der Waals surface area (Å²) in [7, 11) is -2.96. The van der Waals surface area contributed by atoms with Crippen molar-refractivity contribution in [2.75, 3.05) is 16.8 Å². The molecule has 3 aromatic rings. The van der Waals surface area contributed by atoms with E-state index in [9.17, 15) is 13.2 Å². The Balaban J connectivity index is 1.23. The first-order valence-corrected chi connectivity index (χ1v) is 13.8. The van der Waals surface area contributed by atoms with E-state index in [0.29, 0.717) is 35.6 Å². The Morgan fingerprint density at radius 2 is 2.00 bits per heavy atom. The highest BCUT2D eigenvalue weighted by atomic mass is 32.2. The molecule has 34 heavy (non-hydrogen) atoms. The van der Waals surface area contributed by atoms with E-state index < -0.39 is 9.84 Å². The number of hydrogen-bond donors (Lipinski definition) is 2. The summed E-state index contributed by atoms with van der Waals surface area (Å²) in [5.74, 6) is 0.992. The summed E-state index contributed by atoms with van der Waals surface area (Å²) in [4.78, 5) is 13.1. The van der Waals surface area contributed by atoms with E-state index in [1.807, 2.05) is 29.1 Å². The van der Waals surface area contributed by atoms with Crippen LogP contribution in [-0.2, 0) is 22.7 Å². The number of benzene rings is 1. The molecule has 3 aliphatic rings. The zero-order valence-corrected chi connectivity index (χ0v) is 20.0. The minimum atomic E-state index is -2.96. The number of nitrogens with one attached hydrogen (secondary N) is 2. The maximum absolute atomic E-state index is 13.1. The van der Waals surface area contributed by atoms with E-state index >= 15 is 0 Å². The van der Waals surface area contributed by atoms with Crippen LogP contribution in [0, 0.1) is 17.3 Å². The van der Waals surface area contributed by atoms with Crippen LogP contribution >= 0.6 is 0 Å². The van der Waals surface area contributed by atoms with Crippen LogP contribution in [0.3, 0.4) is 0 Å². The molecule has 1 amide bonds. The molecule has 2 N–H and O–H groups in total. The molecule has 0 unspecified atom stereocenters. The first-order valence-electron chi connectivity index (χ1n) is 12.0. The van der Waals surface area contributed by atoms with E-state index in [1.54, 1.807) is 6.20 Å². The Bertz CT molecular complexity index is 1330. The fraction of sp³-hybridized carbons (Fsp3) is 0.480. The average molecular weight is 480 g/mol. The Morgan fingerprint density at radius 1 is 1.24 bits per heavy atom. The van der Waals surface area contributed by atoms with E-state index in [1.165, 1.54) is 6.42 Å². The van der Waals surface area contributed by atoms with Crippen LogP contribution < -0.4 is 5.32 Å². The summed E-state index contributed by atoms with van der Waals surface area (Å²) in [6.45, 7) is 2.31. The quantitative estimate of drug-likeness (QED) is 0.583. The Labute approximate surface area is 199 Å². The van der Waals surface area contributed by atoms with E-state index in [-0.39, 0.29) is 29.4 Å². The zero-order valence-electron chi connectivity index (χ0n) is 19.2. The van der Waals surface area contributed by atoms with Gasteiger partial charge in [-0.2, -0.15) is 10.2 Å². The molecule has 178 valence electrons. The lowest BCUT2D eigenvalue weighted by molar-refractivity contribution is 0.102. The smallest absolute Gasteiger partial charge is 0.276 e. The van der Waals surface area contributed by atoms with Gasteiger partial charge >= 0.3 is 0 Å². The van der Waals surface area contributed by atoms with Crippen molar-refractivity contribution in [1.82, 2.24) is 20.0 Å². The third-order valence-corrected chi connectivity index (χ3v) is 9.78. The van der Waals surface area contributed by atoms with Crippen molar-refractivity contribution in [3.8, 4) is 0 Å². The maximum Gasteiger partial charge on any atom is 0.276 e. The maximum atomic E-state index is 13.1. The second-order valence-corrected chi connectivity index (χ2v) is 12.8. The molecule has 3 atom stereocenters. The molecule has 2 fully saturated rings. The van der Waals surface area contributed by atoms with Crippen LogP contribution in [0.1, 0.15) is 59.5 Å². The molecule has 1 aliphatic heterocycles. The second kappa shape index (κ2) is 7.80. The molecule has 1 aromatic carbocycles. The number of rotatable bonds is 5. The Hall–Kier alpha value is -2.94. The second-order valence-electron chi connectivity index (χ2n) is 10.5. The van der Waals surface area contributed by atoms with E-state index in [0.717, 1.165) is 29.7 Å². The average Bonchev–Trinajstić information content (AvgIpc) is 3.10. The van der Waals surface area contributed by atoms with Gasteiger partial charge in [-0.15, -0.1) is 0 Å². The minimum Gasteiger partial charge on any atom is -0.318 e. The molecule has 8 nitrogen and oxygen atoms in total. The van der Waals surface area contributed by atoms with Gasteiger partial charge in [-0.3, -0.25) is 14.6 Å². The van der Waals surface area contributed by atoms with Gasteiger partial charge in [-0.25, -0.2) is 8.42 Å². The summed E-state index contributed by atoms with van der Waals surface area (Å²) in [5.41, 5.74) is 4.69. The standard InChI is InChI=1S/C25H29N5O3S/c1-25-12-18(25)11-20-21(13-25)28-29-22(20)24(31)27-19-14-26-30(15-19)23(16-5-3-2-4-6-16)17-7-9-34(32,33)10-8-17/h2-6,14-15,17-18,23H,7-13H2,1H3,(H,27,31)(H,28,29)/t18-,23-,25-/m1/s1. The summed E-state index contributed by atoms with van der Waals surface area (Å²) < 4.78 is 25.9. The van der Waals surface area contributed by atoms with Gasteiger partial charge in [0.1, 0.15) is 9.84 Å². The van der Waals surface area contributed by atoms with Crippen molar-refractivity contribution in [3.05, 3.63) is 65.2 Å². The highest BCUT2D eigenvalue weighted by Gasteiger charge is 2.53. The largest absolute Gasteiger partial charge is 0.318 e. The molecular formula is C25H29N5O3S. The predicted octanol–water partition coefficient (Wildman–Crippen LogP) is 3.40. The summed E-state index contributed by atoms with van der Waals surface area (Å²) in [6.07, 6.45) is 7.78. The third-order valence-electron chi connectivity index (χ3n) is 8.07. The van der Waals surface area contributed by atoms with Gasteiger partial charge in [0, 0.05) is 17.5 Å². The summed E-state index contributed by atoms with van der Waals surface area (Å²) in [6, 6.07) is 9.95. The first kappa shape index (κ1) is 21.6. The van der Waals surface area contributed by atoms with Gasteiger partial charge in [-0.05, 0) is 54.9 Å². The van der Waals surface area contributed by atoms with Crippen molar-refractivity contribution in [2.45, 2.75) is 45.1 Å². The normalized spacial score (nSPS) is 26.3. The van der Waals surface area contributed by atoms with E-state index in [2.05, 4.69) is 39.7 Å². The number of carbonyl (C=O) groups excluding carboxylic acids is 1. The van der Waals surface area contributed by atoms with Crippen molar-refractivity contribution < 1.29 is 13.2 Å². The molecule has 2 aliphatic carbocycles. The SMILES string of the molecule is C[C@@]12Cc3[nH]nc(C(=O)Nc4cnn([C@H](c5ccccc5)C5CCS(=O)(=O)CC5)c4)c3C[C@@H]1C2. The van der Waals surface area contributed by atoms with Crippen molar-refractivity contribution in [2.24, 2.45) is 17.3 Å². The van der Waals surface area contributed by atoms with Crippen LogP contribution in [-0.4, -0.2) is 45.8 Å². The van der Waals surface area contributed by atoms with Gasteiger partial charge in [-0.1, -0.05) is 37.3 Å². The van der Waals surface area contributed by atoms with Crippen LogP contribution in [0.15, 0.2) is 42.7 Å². The number of hydrogen-bond acceptors (Lipinski definition) is 5. The minimum absolute atomic E-state index is 0.0898. The topological polar surface area (TPSA) is 110 Å². The van der Waals surface area contributed by atoms with Gasteiger partial charge < -0.3 is 5.32 Å². The van der Waals surface area contributed by atoms with Gasteiger partial charge in [0.2, 0.25) is 0 Å². The molecule has 9 heteroatoms. The Kier molecular flexibility index (Phi) is 4.95. The van der Waals surface area contributed by atoms with E-state index in [4.69, 9.17) is 0 Å². The third kappa shape index (κ3) is 3.85. The number of anilines is 1. The first-order chi connectivity index (χ1) is 16.3. The molecule has 3 heterocycles. The summed E-state index contributed by atoms with van der Waals surface area (Å²) >= 11 is 0. The van der Waals surface area contributed by atoms with Crippen molar-refractivity contribution in [1.29, 1.82) is 0 Å². The lowest BCUT2D eigenvalue weighted by Crippen LogP contribution is -2.30. The molecule has 1 saturated heterocycles. The van der Waals surface area contributed by atoms with Crippen molar-refractivity contribution >= 4 is 21.4 Å². The number of fused-ring (bicyclic) bond motifs is 2. The van der Waals surface area contributed by atoms with Crippen LogP contribution in [0.5, 0.6) is 0 Å². The van der Waals surface area contributed by atoms with Crippen LogP contribution in [0.2, 0.25) is 0 Å². The van der Waals surface area contributed by atoms with Crippen molar-refractivity contribution in [3.63, 3.8) is 0 Å². The number of sulfone groups is 1. The molecule has 6 rings (SSSR count). The lowest BCUT2D eigenvalue weighted by atomic mass is 9.87. The number of carbonyl (C=O) groups is 1. The molecule has 1 saturated carbocycles. The lowest BCUT2D eigenvalue weighted by Gasteiger charge is -2.30. The monoisotopic (exact) mass is 479 g/mol. The van der Waals surface area contributed by atoms with Crippen LogP contribution in [0.25, 0.3) is 0 Å². The molecule has 0 spiro atoms. The predicted molar refractivity (Wildman–Crippen MR) is 128 cm³/mol. The van der Waals surface area contributed by atoms with Crippen LogP contribution in [0.4, 0.5) is 5.69 Å². The fourth-order valence-electron chi connectivity index (χ4n) is 5.90.